The molecule has 0 aromatic carbocycles. The second-order valence-electron chi connectivity index (χ2n) is 2.94. The normalized spacial score (nSPS) is 18.3. The molecule has 0 aromatic rings. The Balaban J connectivity index is 2.92. The van der Waals surface area contributed by atoms with E-state index in [9.17, 15) is 14.9 Å². The highest BCUT2D eigenvalue weighted by molar-refractivity contribution is 5.88. The molecule has 74 valence electrons. The van der Waals surface area contributed by atoms with Gasteiger partial charge in [0, 0.05) is 24.9 Å². The van der Waals surface area contributed by atoms with Crippen molar-refractivity contribution in [1.82, 2.24) is 4.90 Å². The quantitative estimate of drug-likeness (QED) is 0.375. The van der Waals surface area contributed by atoms with Gasteiger partial charge in [-0.3, -0.25) is 14.9 Å². The number of hydrogen-bond donors (Lipinski definition) is 0. The maximum atomic E-state index is 10.8. The summed E-state index contributed by atoms with van der Waals surface area (Å²) < 4.78 is 0. The lowest BCUT2D eigenvalue weighted by molar-refractivity contribution is -0.420. The van der Waals surface area contributed by atoms with Gasteiger partial charge in [0.2, 0.25) is 0 Å². The minimum Gasteiger partial charge on any atom is -0.345 e. The van der Waals surface area contributed by atoms with Gasteiger partial charge in [-0.15, -0.1) is 0 Å². The van der Waals surface area contributed by atoms with Crippen LogP contribution in [0.2, 0.25) is 0 Å². The Bertz CT molecular complexity index is 366. The number of carbonyl (C=O) groups excluding carboxylic acids is 1. The van der Waals surface area contributed by atoms with Crippen LogP contribution in [0.4, 0.5) is 0 Å². The van der Waals surface area contributed by atoms with Crippen molar-refractivity contribution in [2.75, 3.05) is 7.05 Å². The lowest BCUT2D eigenvalue weighted by atomic mass is 10.2. The van der Waals surface area contributed by atoms with Crippen molar-refractivity contribution in [1.29, 1.82) is 0 Å². The van der Waals surface area contributed by atoms with E-state index in [1.165, 1.54) is 25.3 Å². The zero-order valence-electron chi connectivity index (χ0n) is 7.93. The first-order valence-electron chi connectivity index (χ1n) is 4.00. The number of hydrogen-bond acceptors (Lipinski definition) is 4. The number of nitro groups is 1. The minimum absolute atomic E-state index is 0.00759. The van der Waals surface area contributed by atoms with Crippen molar-refractivity contribution < 1.29 is 9.72 Å². The van der Waals surface area contributed by atoms with Crippen LogP contribution in [0.25, 0.3) is 0 Å². The van der Waals surface area contributed by atoms with E-state index in [1.807, 2.05) is 0 Å². The molecule has 0 N–H and O–H groups in total. The molecule has 0 unspecified atom stereocenters. The first kappa shape index (κ1) is 10.2. The standard InChI is InChI=1S/C9H10N2O3/c1-7(12)5-8-3-4-9(11(13)14)6-10(8)2/h3-6H,1-2H3/b8-5+. The van der Waals surface area contributed by atoms with E-state index in [-0.39, 0.29) is 11.5 Å². The summed E-state index contributed by atoms with van der Waals surface area (Å²) in [6.45, 7) is 1.43. The van der Waals surface area contributed by atoms with E-state index in [0.29, 0.717) is 5.70 Å². The van der Waals surface area contributed by atoms with Crippen LogP contribution in [0.1, 0.15) is 6.92 Å². The summed E-state index contributed by atoms with van der Waals surface area (Å²) in [6.07, 6.45) is 5.70. The second-order valence-corrected chi connectivity index (χ2v) is 2.94. The molecule has 0 aromatic heterocycles. The van der Waals surface area contributed by atoms with Gasteiger partial charge in [-0.05, 0) is 13.0 Å². The molecule has 0 bridgehead atoms. The van der Waals surface area contributed by atoms with Crippen molar-refractivity contribution in [3.05, 3.63) is 45.9 Å². The zero-order chi connectivity index (χ0) is 10.7. The lowest BCUT2D eigenvalue weighted by Gasteiger charge is -2.17. The Morgan fingerprint density at radius 1 is 1.57 bits per heavy atom. The summed E-state index contributed by atoms with van der Waals surface area (Å²) in [5, 5.41) is 10.4. The van der Waals surface area contributed by atoms with Gasteiger partial charge in [0.1, 0.15) is 0 Å². The molecule has 5 heteroatoms. The van der Waals surface area contributed by atoms with Crippen LogP contribution in [-0.4, -0.2) is 22.7 Å². The van der Waals surface area contributed by atoms with E-state index >= 15 is 0 Å². The number of nitrogens with zero attached hydrogens (tertiary/aromatic N) is 2. The van der Waals surface area contributed by atoms with E-state index in [2.05, 4.69) is 0 Å². The fraction of sp³-hybridized carbons (Fsp3) is 0.222. The molecule has 0 spiro atoms. The molecular weight excluding hydrogens is 184 g/mol. The number of likely N-dealkylation sites (N-methyl/N-ethyl adjacent to an activating group) is 1. The molecule has 0 atom stereocenters. The summed E-state index contributed by atoms with van der Waals surface area (Å²) in [7, 11) is 1.65. The number of ketones is 1. The van der Waals surface area contributed by atoms with E-state index in [1.54, 1.807) is 18.0 Å². The van der Waals surface area contributed by atoms with Gasteiger partial charge in [0.05, 0.1) is 11.1 Å². The van der Waals surface area contributed by atoms with E-state index < -0.39 is 4.92 Å². The van der Waals surface area contributed by atoms with Crippen LogP contribution in [0.3, 0.4) is 0 Å². The summed E-state index contributed by atoms with van der Waals surface area (Å²) in [5.41, 5.74) is 0.649. The Morgan fingerprint density at radius 3 is 2.64 bits per heavy atom. The van der Waals surface area contributed by atoms with Gasteiger partial charge in [0.25, 0.3) is 5.70 Å². The van der Waals surface area contributed by atoms with Gasteiger partial charge in [-0.2, -0.15) is 0 Å². The number of rotatable bonds is 2. The summed E-state index contributed by atoms with van der Waals surface area (Å²) in [4.78, 5) is 22.2. The summed E-state index contributed by atoms with van der Waals surface area (Å²) in [6, 6.07) is 0. The maximum Gasteiger partial charge on any atom is 0.285 e. The molecule has 0 aliphatic carbocycles. The predicted molar refractivity (Wildman–Crippen MR) is 50.7 cm³/mol. The highest BCUT2D eigenvalue weighted by Crippen LogP contribution is 2.14. The minimum atomic E-state index is -0.475. The molecule has 0 amide bonds. The van der Waals surface area contributed by atoms with Gasteiger partial charge < -0.3 is 4.90 Å². The third-order valence-corrected chi connectivity index (χ3v) is 1.72. The fourth-order valence-electron chi connectivity index (χ4n) is 1.07. The molecule has 1 aliphatic rings. The molecule has 14 heavy (non-hydrogen) atoms. The first-order valence-corrected chi connectivity index (χ1v) is 4.00. The molecule has 5 nitrogen and oxygen atoms in total. The molecule has 0 saturated carbocycles. The first-order chi connectivity index (χ1) is 6.50. The molecule has 1 aliphatic heterocycles. The SMILES string of the molecule is CC(=O)/C=C1\C=CC([N+](=O)[O-])=CN1C. The molecule has 1 heterocycles. The third kappa shape index (κ3) is 2.29. The maximum absolute atomic E-state index is 10.8. The van der Waals surface area contributed by atoms with Crippen molar-refractivity contribution >= 4 is 5.78 Å². The van der Waals surface area contributed by atoms with Crippen LogP contribution < -0.4 is 0 Å². The van der Waals surface area contributed by atoms with Crippen LogP contribution >= 0.6 is 0 Å². The summed E-state index contributed by atoms with van der Waals surface area (Å²) >= 11 is 0. The van der Waals surface area contributed by atoms with Crippen LogP contribution in [0, 0.1) is 10.1 Å². The Hall–Kier alpha value is -1.91. The highest BCUT2D eigenvalue weighted by atomic mass is 16.6. The van der Waals surface area contributed by atoms with Gasteiger partial charge in [-0.25, -0.2) is 0 Å². The smallest absolute Gasteiger partial charge is 0.285 e. The van der Waals surface area contributed by atoms with Crippen molar-refractivity contribution in [2.45, 2.75) is 6.92 Å². The van der Waals surface area contributed by atoms with Crippen molar-refractivity contribution in [3.8, 4) is 0 Å². The van der Waals surface area contributed by atoms with Crippen LogP contribution in [-0.2, 0) is 4.79 Å². The zero-order valence-corrected chi connectivity index (χ0v) is 7.93. The Labute approximate surface area is 81.2 Å². The molecular formula is C9H10N2O3. The second kappa shape index (κ2) is 3.87. The molecule has 0 radical (unpaired) electrons. The van der Waals surface area contributed by atoms with Crippen LogP contribution in [0.5, 0.6) is 0 Å². The number of carbonyl (C=O) groups is 1. The van der Waals surface area contributed by atoms with Crippen molar-refractivity contribution in [3.63, 3.8) is 0 Å². The fourth-order valence-corrected chi connectivity index (χ4v) is 1.07. The topological polar surface area (TPSA) is 63.4 Å². The third-order valence-electron chi connectivity index (χ3n) is 1.72. The predicted octanol–water partition coefficient (Wildman–Crippen LogP) is 1.08. The molecule has 0 saturated heterocycles. The van der Waals surface area contributed by atoms with E-state index in [4.69, 9.17) is 0 Å². The van der Waals surface area contributed by atoms with Crippen LogP contribution in [0.15, 0.2) is 35.8 Å². The van der Waals surface area contributed by atoms with E-state index in [0.717, 1.165) is 0 Å². The average molecular weight is 194 g/mol. The van der Waals surface area contributed by atoms with Gasteiger partial charge >= 0.3 is 0 Å². The summed E-state index contributed by atoms with van der Waals surface area (Å²) in [5.74, 6) is -0.0885. The Morgan fingerprint density at radius 2 is 2.21 bits per heavy atom. The average Bonchev–Trinajstić information content (AvgIpc) is 2.07. The Kier molecular flexibility index (Phi) is 2.81. The monoisotopic (exact) mass is 194 g/mol. The molecule has 1 rings (SSSR count). The van der Waals surface area contributed by atoms with Gasteiger partial charge in [-0.1, -0.05) is 0 Å². The lowest BCUT2D eigenvalue weighted by Crippen LogP contribution is -2.16. The molecule has 0 fully saturated rings. The largest absolute Gasteiger partial charge is 0.345 e. The van der Waals surface area contributed by atoms with Crippen molar-refractivity contribution in [2.24, 2.45) is 0 Å². The van der Waals surface area contributed by atoms with Gasteiger partial charge in [0.15, 0.2) is 5.78 Å². The number of allylic oxidation sites excluding steroid dienone is 3. The highest BCUT2D eigenvalue weighted by Gasteiger charge is 2.14.